The van der Waals surface area contributed by atoms with Gasteiger partial charge in [0.1, 0.15) is 11.6 Å². The molecule has 0 radical (unpaired) electrons. The number of ketones is 1. The molecule has 0 heterocycles. The number of benzene rings is 2. The molecule has 0 fully saturated rings. The zero-order valence-electron chi connectivity index (χ0n) is 12.3. The van der Waals surface area contributed by atoms with Gasteiger partial charge in [-0.3, -0.25) is 4.79 Å². The molecule has 0 aliphatic heterocycles. The van der Waals surface area contributed by atoms with Crippen LogP contribution in [0.4, 0.5) is 0 Å². The highest BCUT2D eigenvalue weighted by molar-refractivity contribution is 6.08. The number of Topliss-reactive ketones (excluding diaryl/α,β-unsaturated/α-hetero) is 1. The van der Waals surface area contributed by atoms with Crippen LogP contribution in [0.3, 0.4) is 0 Å². The van der Waals surface area contributed by atoms with Gasteiger partial charge in [-0.05, 0) is 18.1 Å². The number of nitriles is 1. The molecule has 2 aromatic carbocycles. The Kier molecular flexibility index (Phi) is 4.68. The minimum absolute atomic E-state index is 0.128. The van der Waals surface area contributed by atoms with E-state index in [0.29, 0.717) is 12.0 Å². The molecule has 21 heavy (non-hydrogen) atoms. The van der Waals surface area contributed by atoms with Gasteiger partial charge in [0, 0.05) is 12.0 Å². The summed E-state index contributed by atoms with van der Waals surface area (Å²) in [5, 5.41) is 9.45. The average Bonchev–Trinajstić information content (AvgIpc) is 2.54. The maximum atomic E-state index is 12.1. The molecule has 104 valence electrons. The van der Waals surface area contributed by atoms with Gasteiger partial charge in [-0.25, -0.2) is 0 Å². The van der Waals surface area contributed by atoms with Gasteiger partial charge in [-0.1, -0.05) is 67.1 Å². The smallest absolute Gasteiger partial charge is 0.173 e. The second kappa shape index (κ2) is 6.67. The molecule has 2 aromatic rings. The molecular weight excluding hydrogens is 258 g/mol. The van der Waals surface area contributed by atoms with Crippen LogP contribution in [0.25, 0.3) is 5.57 Å². The molecule has 2 rings (SSSR count). The lowest BCUT2D eigenvalue weighted by atomic mass is 9.90. The summed E-state index contributed by atoms with van der Waals surface area (Å²) in [5.41, 5.74) is 3.87. The van der Waals surface area contributed by atoms with Gasteiger partial charge >= 0.3 is 0 Å². The SMILES string of the molecule is CCC(=O)/C(C#N)=C(\c1ccccc1)c1ccc(C)cc1. The molecule has 0 saturated carbocycles. The van der Waals surface area contributed by atoms with E-state index >= 15 is 0 Å². The van der Waals surface area contributed by atoms with Gasteiger partial charge in [0.25, 0.3) is 0 Å². The molecule has 0 spiro atoms. The van der Waals surface area contributed by atoms with Crippen LogP contribution >= 0.6 is 0 Å². The minimum Gasteiger partial charge on any atom is -0.293 e. The first kappa shape index (κ1) is 14.7. The number of aryl methyl sites for hydroxylation is 1. The first-order chi connectivity index (χ1) is 10.2. The first-order valence-corrected chi connectivity index (χ1v) is 6.97. The van der Waals surface area contributed by atoms with Crippen LogP contribution in [-0.2, 0) is 4.79 Å². The van der Waals surface area contributed by atoms with Gasteiger partial charge in [-0.2, -0.15) is 5.26 Å². The largest absolute Gasteiger partial charge is 0.293 e. The monoisotopic (exact) mass is 275 g/mol. The summed E-state index contributed by atoms with van der Waals surface area (Å²) in [6.45, 7) is 3.79. The normalized spacial score (nSPS) is 11.5. The summed E-state index contributed by atoms with van der Waals surface area (Å²) in [6.07, 6.45) is 0.324. The lowest BCUT2D eigenvalue weighted by Crippen LogP contribution is -2.04. The molecule has 0 aliphatic rings. The van der Waals surface area contributed by atoms with E-state index in [9.17, 15) is 10.1 Å². The fourth-order valence-corrected chi connectivity index (χ4v) is 2.21. The molecule has 0 saturated heterocycles. The van der Waals surface area contributed by atoms with Crippen molar-refractivity contribution in [2.45, 2.75) is 20.3 Å². The summed E-state index contributed by atoms with van der Waals surface area (Å²) in [5.74, 6) is -0.128. The van der Waals surface area contributed by atoms with E-state index < -0.39 is 0 Å². The molecule has 2 heteroatoms. The van der Waals surface area contributed by atoms with E-state index in [-0.39, 0.29) is 11.4 Å². The van der Waals surface area contributed by atoms with E-state index in [0.717, 1.165) is 16.7 Å². The number of hydrogen-bond donors (Lipinski definition) is 0. The third-order valence-electron chi connectivity index (χ3n) is 3.36. The second-order valence-corrected chi connectivity index (χ2v) is 4.87. The molecule has 0 atom stereocenters. The zero-order chi connectivity index (χ0) is 15.2. The Hall–Kier alpha value is -2.66. The summed E-state index contributed by atoms with van der Waals surface area (Å²) in [6, 6.07) is 19.6. The van der Waals surface area contributed by atoms with E-state index in [2.05, 4.69) is 6.07 Å². The van der Waals surface area contributed by atoms with E-state index in [1.165, 1.54) is 0 Å². The van der Waals surface area contributed by atoms with Crippen molar-refractivity contribution in [2.75, 3.05) is 0 Å². The van der Waals surface area contributed by atoms with Crippen molar-refractivity contribution in [1.29, 1.82) is 5.26 Å². The van der Waals surface area contributed by atoms with Crippen molar-refractivity contribution in [3.63, 3.8) is 0 Å². The average molecular weight is 275 g/mol. The molecule has 0 N–H and O–H groups in total. The van der Waals surface area contributed by atoms with E-state index in [4.69, 9.17) is 0 Å². The van der Waals surface area contributed by atoms with Crippen molar-refractivity contribution in [1.82, 2.24) is 0 Å². The first-order valence-electron chi connectivity index (χ1n) is 6.97. The van der Waals surface area contributed by atoms with Crippen molar-refractivity contribution >= 4 is 11.4 Å². The lowest BCUT2D eigenvalue weighted by Gasteiger charge is -2.11. The predicted molar refractivity (Wildman–Crippen MR) is 84.6 cm³/mol. The maximum Gasteiger partial charge on any atom is 0.173 e. The molecule has 0 aliphatic carbocycles. The molecule has 0 aromatic heterocycles. The van der Waals surface area contributed by atoms with E-state index in [1.807, 2.05) is 61.5 Å². The van der Waals surface area contributed by atoms with Crippen LogP contribution in [0.1, 0.15) is 30.0 Å². The Morgan fingerprint density at radius 1 is 1.00 bits per heavy atom. The van der Waals surface area contributed by atoms with Gasteiger partial charge < -0.3 is 0 Å². The summed E-state index contributed by atoms with van der Waals surface area (Å²) in [4.78, 5) is 12.1. The highest BCUT2D eigenvalue weighted by Gasteiger charge is 2.16. The quantitative estimate of drug-likeness (QED) is 0.616. The van der Waals surface area contributed by atoms with Crippen molar-refractivity contribution in [3.05, 3.63) is 76.9 Å². The highest BCUT2D eigenvalue weighted by atomic mass is 16.1. The molecular formula is C19H17NO. The number of allylic oxidation sites excluding steroid dienone is 1. The van der Waals surface area contributed by atoms with Crippen LogP contribution in [-0.4, -0.2) is 5.78 Å². The third kappa shape index (κ3) is 3.27. The standard InChI is InChI=1S/C19H17NO/c1-3-18(21)17(13-20)19(15-7-5-4-6-8-15)16-11-9-14(2)10-12-16/h4-12H,3H2,1-2H3/b19-17+. The number of carbonyl (C=O) groups excluding carboxylic acids is 1. The Balaban J connectivity index is 2.71. The summed E-state index contributed by atoms with van der Waals surface area (Å²) < 4.78 is 0. The Bertz CT molecular complexity index is 703. The van der Waals surface area contributed by atoms with Crippen LogP contribution < -0.4 is 0 Å². The van der Waals surface area contributed by atoms with Gasteiger partial charge in [0.15, 0.2) is 5.78 Å². The summed E-state index contributed by atoms with van der Waals surface area (Å²) >= 11 is 0. The lowest BCUT2D eigenvalue weighted by molar-refractivity contribution is -0.114. The van der Waals surface area contributed by atoms with Crippen molar-refractivity contribution in [2.24, 2.45) is 0 Å². The second-order valence-electron chi connectivity index (χ2n) is 4.87. The Morgan fingerprint density at radius 3 is 2.10 bits per heavy atom. The highest BCUT2D eigenvalue weighted by Crippen LogP contribution is 2.28. The van der Waals surface area contributed by atoms with Crippen LogP contribution in [0, 0.1) is 18.3 Å². The Morgan fingerprint density at radius 2 is 1.57 bits per heavy atom. The van der Waals surface area contributed by atoms with Crippen molar-refractivity contribution < 1.29 is 4.79 Å². The van der Waals surface area contributed by atoms with Gasteiger partial charge in [-0.15, -0.1) is 0 Å². The predicted octanol–water partition coefficient (Wildman–Crippen LogP) is 4.30. The van der Waals surface area contributed by atoms with Crippen LogP contribution in [0.2, 0.25) is 0 Å². The van der Waals surface area contributed by atoms with Crippen LogP contribution in [0.5, 0.6) is 0 Å². The molecule has 2 nitrogen and oxygen atoms in total. The minimum atomic E-state index is -0.128. The van der Waals surface area contributed by atoms with Gasteiger partial charge in [0.2, 0.25) is 0 Å². The number of nitrogens with zero attached hydrogens (tertiary/aromatic N) is 1. The number of carbonyl (C=O) groups is 1. The van der Waals surface area contributed by atoms with Crippen molar-refractivity contribution in [3.8, 4) is 6.07 Å². The fourth-order valence-electron chi connectivity index (χ4n) is 2.21. The zero-order valence-corrected chi connectivity index (χ0v) is 12.3. The van der Waals surface area contributed by atoms with E-state index in [1.54, 1.807) is 6.92 Å². The van der Waals surface area contributed by atoms with Gasteiger partial charge in [0.05, 0.1) is 0 Å². The topological polar surface area (TPSA) is 40.9 Å². The molecule has 0 amide bonds. The van der Waals surface area contributed by atoms with Crippen LogP contribution in [0.15, 0.2) is 60.2 Å². The number of hydrogen-bond acceptors (Lipinski definition) is 2. The molecule has 0 bridgehead atoms. The Labute approximate surface area is 125 Å². The maximum absolute atomic E-state index is 12.1. The molecule has 0 unspecified atom stereocenters. The third-order valence-corrected chi connectivity index (χ3v) is 3.36. The number of rotatable bonds is 4. The fraction of sp³-hybridized carbons (Fsp3) is 0.158. The summed E-state index contributed by atoms with van der Waals surface area (Å²) in [7, 11) is 0.